The van der Waals surface area contributed by atoms with E-state index in [4.69, 9.17) is 4.74 Å². The lowest BCUT2D eigenvalue weighted by Gasteiger charge is -2.26. The van der Waals surface area contributed by atoms with Gasteiger partial charge in [0.2, 0.25) is 0 Å². The number of aromatic amines is 1. The summed E-state index contributed by atoms with van der Waals surface area (Å²) in [6, 6.07) is 16.0. The molecular formula is C20H19N3O2. The first-order chi connectivity index (χ1) is 12.3. The van der Waals surface area contributed by atoms with E-state index < -0.39 is 0 Å². The Morgan fingerprint density at radius 3 is 2.88 bits per heavy atom. The molecule has 0 saturated carbocycles. The number of nitrogens with zero attached hydrogens (tertiary/aromatic N) is 2. The third-order valence-electron chi connectivity index (χ3n) is 4.49. The highest BCUT2D eigenvalue weighted by Crippen LogP contribution is 2.25. The zero-order chi connectivity index (χ0) is 17.1. The van der Waals surface area contributed by atoms with Crippen LogP contribution in [0.15, 0.2) is 60.8 Å². The van der Waals surface area contributed by atoms with Crippen LogP contribution in [0.3, 0.4) is 0 Å². The summed E-state index contributed by atoms with van der Waals surface area (Å²) in [5, 5.41) is 8.15. The fraction of sp³-hybridized carbons (Fsp3) is 0.200. The minimum Gasteiger partial charge on any atom is -0.445 e. The first kappa shape index (κ1) is 15.4. The normalized spacial score (nSPS) is 14.4. The van der Waals surface area contributed by atoms with E-state index in [0.717, 1.165) is 22.9 Å². The van der Waals surface area contributed by atoms with Gasteiger partial charge in [-0.15, -0.1) is 0 Å². The van der Waals surface area contributed by atoms with E-state index in [9.17, 15) is 4.79 Å². The summed E-state index contributed by atoms with van der Waals surface area (Å²) in [6.45, 7) is 1.55. The average Bonchev–Trinajstić information content (AvgIpc) is 3.15. The molecule has 2 aromatic carbocycles. The van der Waals surface area contributed by atoms with Gasteiger partial charge in [0.15, 0.2) is 0 Å². The Hall–Kier alpha value is -3.08. The molecule has 2 heterocycles. The lowest BCUT2D eigenvalue weighted by Crippen LogP contribution is -2.35. The number of aromatic nitrogens is 2. The van der Waals surface area contributed by atoms with Crippen LogP contribution < -0.4 is 0 Å². The van der Waals surface area contributed by atoms with Gasteiger partial charge in [-0.05, 0) is 29.2 Å². The van der Waals surface area contributed by atoms with E-state index in [1.54, 1.807) is 4.90 Å². The van der Waals surface area contributed by atoms with Crippen molar-refractivity contribution < 1.29 is 9.53 Å². The molecular weight excluding hydrogens is 314 g/mol. The number of amides is 1. The van der Waals surface area contributed by atoms with E-state index >= 15 is 0 Å². The number of carbonyl (C=O) groups excluding carboxylic acids is 1. The molecule has 0 saturated heterocycles. The van der Waals surface area contributed by atoms with Crippen molar-refractivity contribution in [2.45, 2.75) is 13.0 Å². The maximum atomic E-state index is 12.2. The molecule has 1 aliphatic heterocycles. The Morgan fingerprint density at radius 1 is 1.20 bits per heavy atom. The van der Waals surface area contributed by atoms with Crippen LogP contribution in [0.5, 0.6) is 0 Å². The summed E-state index contributed by atoms with van der Waals surface area (Å²) in [5.41, 5.74) is 4.46. The van der Waals surface area contributed by atoms with Crippen LogP contribution in [0.25, 0.3) is 16.5 Å². The van der Waals surface area contributed by atoms with Crippen molar-refractivity contribution in [1.82, 2.24) is 15.1 Å². The smallest absolute Gasteiger partial charge is 0.410 e. The molecule has 1 aromatic heterocycles. The Balaban J connectivity index is 1.38. The SMILES string of the molecule is O=C(OCc1ccccc1)N1CC=C(c2ccc3cn[nH]c3c2)CC1. The zero-order valence-corrected chi connectivity index (χ0v) is 13.8. The maximum absolute atomic E-state index is 12.2. The quantitative estimate of drug-likeness (QED) is 0.788. The summed E-state index contributed by atoms with van der Waals surface area (Å²) in [6.07, 6.45) is 4.48. The zero-order valence-electron chi connectivity index (χ0n) is 13.8. The third-order valence-corrected chi connectivity index (χ3v) is 4.49. The Kier molecular flexibility index (Phi) is 4.21. The van der Waals surface area contributed by atoms with E-state index in [2.05, 4.69) is 34.5 Å². The summed E-state index contributed by atoms with van der Waals surface area (Å²) >= 11 is 0. The lowest BCUT2D eigenvalue weighted by atomic mass is 9.99. The highest BCUT2D eigenvalue weighted by atomic mass is 16.6. The lowest BCUT2D eigenvalue weighted by molar-refractivity contribution is 0.0998. The Labute approximate surface area is 145 Å². The van der Waals surface area contributed by atoms with Crippen LogP contribution in [0, 0.1) is 0 Å². The second-order valence-electron chi connectivity index (χ2n) is 6.14. The average molecular weight is 333 g/mol. The van der Waals surface area contributed by atoms with Crippen LogP contribution >= 0.6 is 0 Å². The highest BCUT2D eigenvalue weighted by molar-refractivity contribution is 5.83. The number of hydrogen-bond acceptors (Lipinski definition) is 3. The second kappa shape index (κ2) is 6.81. The fourth-order valence-corrected chi connectivity index (χ4v) is 3.04. The number of H-pyrrole nitrogens is 1. The number of benzene rings is 2. The molecule has 0 unspecified atom stereocenters. The minimum atomic E-state index is -0.261. The summed E-state index contributed by atoms with van der Waals surface area (Å²) < 4.78 is 5.40. The maximum Gasteiger partial charge on any atom is 0.410 e. The molecule has 0 fully saturated rings. The second-order valence-corrected chi connectivity index (χ2v) is 6.14. The molecule has 0 radical (unpaired) electrons. The minimum absolute atomic E-state index is 0.261. The molecule has 1 N–H and O–H groups in total. The van der Waals surface area contributed by atoms with Crippen molar-refractivity contribution in [1.29, 1.82) is 0 Å². The van der Waals surface area contributed by atoms with Crippen LogP contribution in [0.1, 0.15) is 17.5 Å². The number of fused-ring (bicyclic) bond motifs is 1. The Bertz CT molecular complexity index is 915. The van der Waals surface area contributed by atoms with Crippen molar-refractivity contribution in [2.24, 2.45) is 0 Å². The molecule has 0 aliphatic carbocycles. The first-order valence-corrected chi connectivity index (χ1v) is 8.38. The molecule has 1 aliphatic rings. The van der Waals surface area contributed by atoms with Crippen molar-refractivity contribution in [3.63, 3.8) is 0 Å². The van der Waals surface area contributed by atoms with Gasteiger partial charge in [-0.1, -0.05) is 48.5 Å². The molecule has 5 heteroatoms. The molecule has 1 amide bonds. The van der Waals surface area contributed by atoms with E-state index in [1.807, 2.05) is 36.5 Å². The van der Waals surface area contributed by atoms with Crippen LogP contribution in [-0.4, -0.2) is 34.3 Å². The first-order valence-electron chi connectivity index (χ1n) is 8.38. The topological polar surface area (TPSA) is 58.2 Å². The summed E-state index contributed by atoms with van der Waals surface area (Å²) in [4.78, 5) is 14.0. The standard InChI is InChI=1S/C20H19N3O2/c24-20(25-14-15-4-2-1-3-5-15)23-10-8-16(9-11-23)17-6-7-18-13-21-22-19(18)12-17/h1-8,12-13H,9-11,14H2,(H,21,22). The molecule has 25 heavy (non-hydrogen) atoms. The van der Waals surface area contributed by atoms with E-state index in [1.165, 1.54) is 11.1 Å². The van der Waals surface area contributed by atoms with Gasteiger partial charge in [-0.3, -0.25) is 5.10 Å². The van der Waals surface area contributed by atoms with E-state index in [0.29, 0.717) is 19.7 Å². The summed E-state index contributed by atoms with van der Waals surface area (Å²) in [7, 11) is 0. The molecule has 3 aromatic rings. The number of hydrogen-bond donors (Lipinski definition) is 1. The van der Waals surface area contributed by atoms with Gasteiger partial charge in [0.05, 0.1) is 11.7 Å². The molecule has 4 rings (SSSR count). The molecule has 0 spiro atoms. The van der Waals surface area contributed by atoms with Crippen molar-refractivity contribution in [2.75, 3.05) is 13.1 Å². The predicted molar refractivity (Wildman–Crippen MR) is 96.9 cm³/mol. The monoisotopic (exact) mass is 333 g/mol. The number of carbonyl (C=O) groups is 1. The van der Waals surface area contributed by atoms with Gasteiger partial charge < -0.3 is 9.64 Å². The molecule has 126 valence electrons. The third kappa shape index (κ3) is 3.40. The van der Waals surface area contributed by atoms with Gasteiger partial charge >= 0.3 is 6.09 Å². The Morgan fingerprint density at radius 2 is 2.08 bits per heavy atom. The van der Waals surface area contributed by atoms with Gasteiger partial charge in [-0.2, -0.15) is 5.10 Å². The van der Waals surface area contributed by atoms with Gasteiger partial charge in [0, 0.05) is 18.5 Å². The predicted octanol–water partition coefficient (Wildman–Crippen LogP) is 3.99. The largest absolute Gasteiger partial charge is 0.445 e. The number of ether oxygens (including phenoxy) is 1. The number of nitrogens with one attached hydrogen (secondary N) is 1. The molecule has 0 atom stereocenters. The van der Waals surface area contributed by atoms with Crippen LogP contribution in [-0.2, 0) is 11.3 Å². The summed E-state index contributed by atoms with van der Waals surface area (Å²) in [5.74, 6) is 0. The van der Waals surface area contributed by atoms with Crippen molar-refractivity contribution >= 4 is 22.6 Å². The van der Waals surface area contributed by atoms with Crippen LogP contribution in [0.2, 0.25) is 0 Å². The van der Waals surface area contributed by atoms with Crippen molar-refractivity contribution in [3.05, 3.63) is 71.9 Å². The van der Waals surface area contributed by atoms with Crippen LogP contribution in [0.4, 0.5) is 4.79 Å². The highest BCUT2D eigenvalue weighted by Gasteiger charge is 2.19. The van der Waals surface area contributed by atoms with Gasteiger partial charge in [-0.25, -0.2) is 4.79 Å². The fourth-order valence-electron chi connectivity index (χ4n) is 3.04. The molecule has 5 nitrogen and oxygen atoms in total. The van der Waals surface area contributed by atoms with E-state index in [-0.39, 0.29) is 6.09 Å². The molecule has 0 bridgehead atoms. The van der Waals surface area contributed by atoms with Gasteiger partial charge in [0.25, 0.3) is 0 Å². The van der Waals surface area contributed by atoms with Crippen molar-refractivity contribution in [3.8, 4) is 0 Å². The number of rotatable bonds is 3. The van der Waals surface area contributed by atoms with Gasteiger partial charge in [0.1, 0.15) is 6.61 Å².